The van der Waals surface area contributed by atoms with E-state index < -0.39 is 0 Å². The van der Waals surface area contributed by atoms with Crippen LogP contribution in [0.3, 0.4) is 0 Å². The van der Waals surface area contributed by atoms with Crippen LogP contribution in [0, 0.1) is 0 Å². The van der Waals surface area contributed by atoms with Crippen LogP contribution in [0.15, 0.2) is 29.6 Å². The number of rotatable bonds is 3. The van der Waals surface area contributed by atoms with Crippen molar-refractivity contribution < 1.29 is 9.53 Å². The maximum atomic E-state index is 12.3. The van der Waals surface area contributed by atoms with Crippen LogP contribution >= 0.6 is 35.3 Å². The number of carbonyl (C=O) groups is 1. The molecule has 2 heterocycles. The summed E-state index contributed by atoms with van der Waals surface area (Å²) in [6.45, 7) is 3.18. The first-order valence-electron chi connectivity index (χ1n) is 7.01. The Kier molecular flexibility index (Phi) is 6.38. The van der Waals surface area contributed by atoms with Crippen molar-refractivity contribution in [3.05, 3.63) is 34.7 Å². The Bertz CT molecular complexity index is 680. The SMILES string of the molecule is C[C@H]1OCCN[C@@H]1C(=O)Nc1nc(-c2ccccc2Cl)cs1.Cl. The molecule has 8 heteroatoms. The minimum Gasteiger partial charge on any atom is -0.375 e. The van der Waals surface area contributed by atoms with E-state index in [1.165, 1.54) is 11.3 Å². The average Bonchev–Trinajstić information content (AvgIpc) is 2.96. The van der Waals surface area contributed by atoms with E-state index in [9.17, 15) is 4.79 Å². The highest BCUT2D eigenvalue weighted by Crippen LogP contribution is 2.30. The van der Waals surface area contributed by atoms with Crippen molar-refractivity contribution in [2.45, 2.75) is 19.1 Å². The van der Waals surface area contributed by atoms with Gasteiger partial charge in [-0.15, -0.1) is 23.7 Å². The van der Waals surface area contributed by atoms with Crippen LogP contribution in [0.2, 0.25) is 5.02 Å². The number of benzene rings is 1. The molecule has 1 saturated heterocycles. The fourth-order valence-corrected chi connectivity index (χ4v) is 3.28. The van der Waals surface area contributed by atoms with Crippen molar-refractivity contribution in [3.8, 4) is 11.3 Å². The van der Waals surface area contributed by atoms with Crippen LogP contribution in [0.25, 0.3) is 11.3 Å². The highest BCUT2D eigenvalue weighted by atomic mass is 35.5. The zero-order valence-electron chi connectivity index (χ0n) is 12.4. The van der Waals surface area contributed by atoms with E-state index in [2.05, 4.69) is 15.6 Å². The van der Waals surface area contributed by atoms with Gasteiger partial charge in [-0.2, -0.15) is 0 Å². The summed E-state index contributed by atoms with van der Waals surface area (Å²) in [4.78, 5) is 16.7. The Balaban J connectivity index is 0.00000192. The standard InChI is InChI=1S/C15H16ClN3O2S.ClH/c1-9-13(17-6-7-21-9)14(20)19-15-18-12(8-22-15)10-4-2-3-5-11(10)16;/h2-5,8-9,13,17H,6-7H2,1H3,(H,18,19,20);1H/t9-,13+;/m1./s1. The van der Waals surface area contributed by atoms with Gasteiger partial charge < -0.3 is 15.4 Å². The number of ether oxygens (including phenoxy) is 1. The zero-order valence-corrected chi connectivity index (χ0v) is 14.8. The second kappa shape index (κ2) is 8.08. The third-order valence-electron chi connectivity index (χ3n) is 3.48. The fraction of sp³-hybridized carbons (Fsp3) is 0.333. The lowest BCUT2D eigenvalue weighted by Gasteiger charge is -2.28. The van der Waals surface area contributed by atoms with Gasteiger partial charge in [-0.05, 0) is 13.0 Å². The fourth-order valence-electron chi connectivity index (χ4n) is 2.33. The molecule has 0 spiro atoms. The molecule has 1 amide bonds. The molecule has 2 aromatic rings. The van der Waals surface area contributed by atoms with Gasteiger partial charge in [-0.3, -0.25) is 4.79 Å². The van der Waals surface area contributed by atoms with Crippen molar-refractivity contribution >= 4 is 46.4 Å². The number of hydrogen-bond donors (Lipinski definition) is 2. The molecule has 1 fully saturated rings. The molecule has 0 bridgehead atoms. The van der Waals surface area contributed by atoms with Crippen molar-refractivity contribution in [3.63, 3.8) is 0 Å². The molecular formula is C15H17Cl2N3O2S. The van der Waals surface area contributed by atoms with Gasteiger partial charge in [0, 0.05) is 22.5 Å². The van der Waals surface area contributed by atoms with Gasteiger partial charge >= 0.3 is 0 Å². The molecule has 1 aliphatic rings. The van der Waals surface area contributed by atoms with Crippen LogP contribution in [0.4, 0.5) is 5.13 Å². The van der Waals surface area contributed by atoms with Crippen molar-refractivity contribution in [1.29, 1.82) is 0 Å². The molecular weight excluding hydrogens is 357 g/mol. The number of morpholine rings is 1. The monoisotopic (exact) mass is 373 g/mol. The van der Waals surface area contributed by atoms with E-state index in [0.29, 0.717) is 23.3 Å². The predicted octanol–water partition coefficient (Wildman–Crippen LogP) is 3.20. The molecule has 1 aliphatic heterocycles. The molecule has 3 rings (SSSR count). The summed E-state index contributed by atoms with van der Waals surface area (Å²) < 4.78 is 5.48. The van der Waals surface area contributed by atoms with Gasteiger partial charge in [-0.1, -0.05) is 29.8 Å². The highest BCUT2D eigenvalue weighted by Gasteiger charge is 2.28. The summed E-state index contributed by atoms with van der Waals surface area (Å²) in [5.41, 5.74) is 1.61. The summed E-state index contributed by atoms with van der Waals surface area (Å²) in [5.74, 6) is -0.132. The van der Waals surface area contributed by atoms with Crippen LogP contribution in [0.5, 0.6) is 0 Å². The Hall–Kier alpha value is -1.18. The van der Waals surface area contributed by atoms with Gasteiger partial charge in [0.05, 0.1) is 18.4 Å². The quantitative estimate of drug-likeness (QED) is 0.866. The molecule has 0 unspecified atom stereocenters. The Morgan fingerprint density at radius 2 is 2.26 bits per heavy atom. The summed E-state index contributed by atoms with van der Waals surface area (Å²) in [6, 6.07) is 7.14. The molecule has 1 aromatic heterocycles. The number of halogens is 2. The first-order chi connectivity index (χ1) is 10.6. The summed E-state index contributed by atoms with van der Waals surface area (Å²) in [6.07, 6.45) is -0.156. The van der Waals surface area contributed by atoms with Gasteiger partial charge in [0.2, 0.25) is 5.91 Å². The molecule has 124 valence electrons. The number of aromatic nitrogens is 1. The van der Waals surface area contributed by atoms with E-state index >= 15 is 0 Å². The van der Waals surface area contributed by atoms with Gasteiger partial charge in [-0.25, -0.2) is 4.98 Å². The number of amides is 1. The van der Waals surface area contributed by atoms with Gasteiger partial charge in [0.1, 0.15) is 6.04 Å². The first-order valence-corrected chi connectivity index (χ1v) is 8.27. The zero-order chi connectivity index (χ0) is 15.5. The highest BCUT2D eigenvalue weighted by molar-refractivity contribution is 7.14. The maximum absolute atomic E-state index is 12.3. The van der Waals surface area contributed by atoms with Crippen molar-refractivity contribution in [1.82, 2.24) is 10.3 Å². The number of carbonyl (C=O) groups excluding carboxylic acids is 1. The second-order valence-electron chi connectivity index (χ2n) is 5.01. The first kappa shape index (κ1) is 18.2. The maximum Gasteiger partial charge on any atom is 0.245 e. The molecule has 23 heavy (non-hydrogen) atoms. The summed E-state index contributed by atoms with van der Waals surface area (Å²) in [7, 11) is 0. The van der Waals surface area contributed by atoms with Crippen molar-refractivity contribution in [2.24, 2.45) is 0 Å². The lowest BCUT2D eigenvalue weighted by molar-refractivity contribution is -0.123. The normalized spacial score (nSPS) is 20.6. The van der Waals surface area contributed by atoms with Gasteiger partial charge in [0.15, 0.2) is 5.13 Å². The minimum absolute atomic E-state index is 0. The van der Waals surface area contributed by atoms with Crippen molar-refractivity contribution in [2.75, 3.05) is 18.5 Å². The van der Waals surface area contributed by atoms with Crippen LogP contribution in [0.1, 0.15) is 6.92 Å². The summed E-state index contributed by atoms with van der Waals surface area (Å²) in [5, 5.41) is 9.07. The van der Waals surface area contributed by atoms with E-state index in [1.807, 2.05) is 36.6 Å². The molecule has 5 nitrogen and oxygen atoms in total. The number of nitrogens with zero attached hydrogens (tertiary/aromatic N) is 1. The molecule has 0 radical (unpaired) electrons. The average molecular weight is 374 g/mol. The van der Waals surface area contributed by atoms with Crippen LogP contribution in [-0.4, -0.2) is 36.2 Å². The minimum atomic E-state index is -0.360. The number of nitrogens with one attached hydrogen (secondary N) is 2. The second-order valence-corrected chi connectivity index (χ2v) is 6.28. The molecule has 2 N–H and O–H groups in total. The third kappa shape index (κ3) is 4.22. The van der Waals surface area contributed by atoms with E-state index in [-0.39, 0.29) is 30.5 Å². The van der Waals surface area contributed by atoms with E-state index in [0.717, 1.165) is 11.3 Å². The van der Waals surface area contributed by atoms with E-state index in [1.54, 1.807) is 0 Å². The van der Waals surface area contributed by atoms with Gasteiger partial charge in [0.25, 0.3) is 0 Å². The topological polar surface area (TPSA) is 63.2 Å². The smallest absolute Gasteiger partial charge is 0.245 e. The number of thiazole rings is 1. The van der Waals surface area contributed by atoms with E-state index in [4.69, 9.17) is 16.3 Å². The Labute approximate surface area is 149 Å². The lowest BCUT2D eigenvalue weighted by Crippen LogP contribution is -2.53. The van der Waals surface area contributed by atoms with Crippen LogP contribution < -0.4 is 10.6 Å². The lowest BCUT2D eigenvalue weighted by atomic mass is 10.1. The molecule has 2 atom stereocenters. The Morgan fingerprint density at radius 1 is 1.48 bits per heavy atom. The Morgan fingerprint density at radius 3 is 3.00 bits per heavy atom. The molecule has 0 aliphatic carbocycles. The predicted molar refractivity (Wildman–Crippen MR) is 95.6 cm³/mol. The number of hydrogen-bond acceptors (Lipinski definition) is 5. The molecule has 1 aromatic carbocycles. The summed E-state index contributed by atoms with van der Waals surface area (Å²) >= 11 is 7.54. The number of anilines is 1. The van der Waals surface area contributed by atoms with Crippen LogP contribution in [-0.2, 0) is 9.53 Å². The third-order valence-corrected chi connectivity index (χ3v) is 4.57. The molecule has 0 saturated carbocycles. The largest absolute Gasteiger partial charge is 0.375 e.